The number of carbonyl (C=O) groups excluding carboxylic acids is 1. The van der Waals surface area contributed by atoms with Gasteiger partial charge in [0.25, 0.3) is 0 Å². The van der Waals surface area contributed by atoms with Crippen LogP contribution in [0.1, 0.15) is 18.4 Å². The number of sulfonamides is 1. The van der Waals surface area contributed by atoms with Gasteiger partial charge in [0.2, 0.25) is 15.9 Å². The van der Waals surface area contributed by atoms with Gasteiger partial charge in [-0.2, -0.15) is 4.31 Å². The van der Waals surface area contributed by atoms with Crippen molar-refractivity contribution in [3.63, 3.8) is 0 Å². The highest BCUT2D eigenvalue weighted by Crippen LogP contribution is 2.39. The molecule has 0 saturated carbocycles. The van der Waals surface area contributed by atoms with Gasteiger partial charge in [-0.3, -0.25) is 4.79 Å². The molecule has 1 amide bonds. The van der Waals surface area contributed by atoms with Crippen LogP contribution in [-0.4, -0.2) is 50.4 Å². The quantitative estimate of drug-likeness (QED) is 0.604. The van der Waals surface area contributed by atoms with Crippen LogP contribution < -0.4 is 14.8 Å². The fourth-order valence-corrected chi connectivity index (χ4v) is 6.30. The number of ether oxygens (including phenoxy) is 2. The molecule has 1 aromatic heterocycles. The predicted octanol–water partition coefficient (Wildman–Crippen LogP) is 3.41. The van der Waals surface area contributed by atoms with E-state index in [9.17, 15) is 13.2 Å². The Morgan fingerprint density at radius 1 is 1.13 bits per heavy atom. The average molecular weight is 462 g/mol. The number of aromatic nitrogens is 1. The number of hydrogen-bond donors (Lipinski definition) is 1. The first-order chi connectivity index (χ1) is 14.8. The van der Waals surface area contributed by atoms with Crippen LogP contribution in [0.3, 0.4) is 0 Å². The van der Waals surface area contributed by atoms with Gasteiger partial charge in [0.1, 0.15) is 27.8 Å². The summed E-state index contributed by atoms with van der Waals surface area (Å²) in [6, 6.07) is 9.38. The van der Waals surface area contributed by atoms with Crippen molar-refractivity contribution in [2.45, 2.75) is 30.7 Å². The third-order valence-electron chi connectivity index (χ3n) is 5.27. The Bertz CT molecular complexity index is 1180. The van der Waals surface area contributed by atoms with Crippen molar-refractivity contribution >= 4 is 42.6 Å². The number of nitrogens with one attached hydrogen (secondary N) is 1. The molecule has 4 rings (SSSR count). The molecule has 2 aromatic carbocycles. The third-order valence-corrected chi connectivity index (χ3v) is 8.18. The Balaban J connectivity index is 1.60. The van der Waals surface area contributed by atoms with Gasteiger partial charge in [-0.25, -0.2) is 13.4 Å². The number of anilines is 1. The number of fused-ring (bicyclic) bond motifs is 1. The molecular formula is C21H23N3O5S2. The zero-order valence-corrected chi connectivity index (χ0v) is 19.0. The minimum Gasteiger partial charge on any atom is -0.495 e. The summed E-state index contributed by atoms with van der Waals surface area (Å²) >= 11 is 1.26. The molecule has 2 heterocycles. The SMILES string of the molecule is COc1ccc(OC)c2sc(NC(=O)C3CCCN3S(=O)(=O)c3ccc(C)cc3)nc12. The maximum atomic E-state index is 13.1. The first kappa shape index (κ1) is 21.5. The number of carbonyl (C=O) groups is 1. The van der Waals surface area contributed by atoms with Crippen molar-refractivity contribution in [2.24, 2.45) is 0 Å². The van der Waals surface area contributed by atoms with Crippen LogP contribution in [0.25, 0.3) is 10.2 Å². The van der Waals surface area contributed by atoms with E-state index >= 15 is 0 Å². The Labute approximate surface area is 184 Å². The maximum Gasteiger partial charge on any atom is 0.244 e. The molecular weight excluding hydrogens is 438 g/mol. The fourth-order valence-electron chi connectivity index (χ4n) is 3.66. The minimum atomic E-state index is -3.77. The number of amides is 1. The lowest BCUT2D eigenvalue weighted by Crippen LogP contribution is -2.43. The molecule has 1 aliphatic heterocycles. The number of thiazole rings is 1. The summed E-state index contributed by atoms with van der Waals surface area (Å²) < 4.78 is 39.0. The molecule has 31 heavy (non-hydrogen) atoms. The van der Waals surface area contributed by atoms with Crippen LogP contribution in [0.15, 0.2) is 41.3 Å². The van der Waals surface area contributed by atoms with E-state index in [0.29, 0.717) is 41.5 Å². The smallest absolute Gasteiger partial charge is 0.244 e. The van der Waals surface area contributed by atoms with Crippen LogP contribution in [0, 0.1) is 6.92 Å². The van der Waals surface area contributed by atoms with E-state index in [0.717, 1.165) is 10.3 Å². The van der Waals surface area contributed by atoms with E-state index in [1.165, 1.54) is 15.6 Å². The van der Waals surface area contributed by atoms with Gasteiger partial charge in [0.15, 0.2) is 5.13 Å². The van der Waals surface area contributed by atoms with E-state index < -0.39 is 22.0 Å². The molecule has 1 unspecified atom stereocenters. The summed E-state index contributed by atoms with van der Waals surface area (Å²) in [5.74, 6) is 0.792. The first-order valence-electron chi connectivity index (χ1n) is 9.76. The topological polar surface area (TPSA) is 97.8 Å². The fraction of sp³-hybridized carbons (Fsp3) is 0.333. The van der Waals surface area contributed by atoms with Crippen molar-refractivity contribution in [3.8, 4) is 11.5 Å². The molecule has 10 heteroatoms. The summed E-state index contributed by atoms with van der Waals surface area (Å²) in [5, 5.41) is 3.15. The highest BCUT2D eigenvalue weighted by Gasteiger charge is 2.39. The molecule has 0 bridgehead atoms. The van der Waals surface area contributed by atoms with Gasteiger partial charge in [-0.05, 0) is 44.0 Å². The third kappa shape index (κ3) is 3.98. The van der Waals surface area contributed by atoms with Crippen molar-refractivity contribution in [1.29, 1.82) is 0 Å². The van der Waals surface area contributed by atoms with Crippen molar-refractivity contribution in [2.75, 3.05) is 26.1 Å². The van der Waals surface area contributed by atoms with E-state index in [4.69, 9.17) is 9.47 Å². The van der Waals surface area contributed by atoms with Crippen molar-refractivity contribution in [1.82, 2.24) is 9.29 Å². The van der Waals surface area contributed by atoms with Gasteiger partial charge in [-0.15, -0.1) is 0 Å². The van der Waals surface area contributed by atoms with Gasteiger partial charge >= 0.3 is 0 Å². The highest BCUT2D eigenvalue weighted by molar-refractivity contribution is 7.89. The van der Waals surface area contributed by atoms with Gasteiger partial charge in [0.05, 0.1) is 19.1 Å². The van der Waals surface area contributed by atoms with E-state index in [2.05, 4.69) is 10.3 Å². The Hall–Kier alpha value is -2.69. The molecule has 3 aromatic rings. The molecule has 1 aliphatic rings. The lowest BCUT2D eigenvalue weighted by Gasteiger charge is -2.23. The monoisotopic (exact) mass is 461 g/mol. The van der Waals surface area contributed by atoms with Crippen LogP contribution >= 0.6 is 11.3 Å². The van der Waals surface area contributed by atoms with Gasteiger partial charge in [0, 0.05) is 6.54 Å². The number of benzene rings is 2. The molecule has 0 spiro atoms. The number of methoxy groups -OCH3 is 2. The van der Waals surface area contributed by atoms with Crippen LogP contribution in [0.2, 0.25) is 0 Å². The second kappa shape index (κ2) is 8.45. The average Bonchev–Trinajstić information content (AvgIpc) is 3.41. The Morgan fingerprint density at radius 3 is 2.48 bits per heavy atom. The van der Waals surface area contributed by atoms with Gasteiger partial charge < -0.3 is 14.8 Å². The molecule has 1 N–H and O–H groups in total. The summed E-state index contributed by atoms with van der Waals surface area (Å²) in [6.07, 6.45) is 1.07. The van der Waals surface area contributed by atoms with Gasteiger partial charge in [-0.1, -0.05) is 29.0 Å². The van der Waals surface area contributed by atoms with E-state index in [1.807, 2.05) is 6.92 Å². The van der Waals surface area contributed by atoms with Crippen LogP contribution in [0.5, 0.6) is 11.5 Å². The predicted molar refractivity (Wildman–Crippen MR) is 119 cm³/mol. The lowest BCUT2D eigenvalue weighted by molar-refractivity contribution is -0.119. The van der Waals surface area contributed by atoms with Crippen LogP contribution in [0.4, 0.5) is 5.13 Å². The number of aryl methyl sites for hydroxylation is 1. The summed E-state index contributed by atoms with van der Waals surface area (Å²) in [5.41, 5.74) is 1.55. The number of rotatable bonds is 6. The minimum absolute atomic E-state index is 0.187. The largest absolute Gasteiger partial charge is 0.495 e. The zero-order valence-electron chi connectivity index (χ0n) is 17.4. The highest BCUT2D eigenvalue weighted by atomic mass is 32.2. The zero-order chi connectivity index (χ0) is 22.2. The molecule has 1 atom stereocenters. The molecule has 0 aliphatic carbocycles. The van der Waals surface area contributed by atoms with E-state index in [-0.39, 0.29) is 4.90 Å². The Morgan fingerprint density at radius 2 is 1.81 bits per heavy atom. The van der Waals surface area contributed by atoms with Crippen LogP contribution in [-0.2, 0) is 14.8 Å². The normalized spacial score (nSPS) is 17.1. The Kier molecular flexibility index (Phi) is 5.87. The molecule has 1 saturated heterocycles. The van der Waals surface area contributed by atoms with Crippen molar-refractivity contribution in [3.05, 3.63) is 42.0 Å². The summed E-state index contributed by atoms with van der Waals surface area (Å²) in [7, 11) is -0.665. The molecule has 0 radical (unpaired) electrons. The second-order valence-corrected chi connectivity index (χ2v) is 10.1. The lowest BCUT2D eigenvalue weighted by atomic mass is 10.2. The number of nitrogens with zero attached hydrogens (tertiary/aromatic N) is 2. The standard InChI is InChI=1S/C21H23N3O5S2/c1-13-6-8-14(9-7-13)31(26,27)24-12-4-5-15(24)20(25)23-21-22-18-16(28-2)10-11-17(29-3)19(18)30-21/h6-11,15H,4-5,12H2,1-3H3,(H,22,23,25). The molecule has 164 valence electrons. The van der Waals surface area contributed by atoms with E-state index in [1.54, 1.807) is 50.6 Å². The second-order valence-electron chi connectivity index (χ2n) is 7.24. The first-order valence-corrected chi connectivity index (χ1v) is 12.0. The molecule has 8 nitrogen and oxygen atoms in total. The maximum absolute atomic E-state index is 13.1. The summed E-state index contributed by atoms with van der Waals surface area (Å²) in [4.78, 5) is 17.7. The molecule has 1 fully saturated rings. The summed E-state index contributed by atoms with van der Waals surface area (Å²) in [6.45, 7) is 2.19. The number of hydrogen-bond acceptors (Lipinski definition) is 7. The van der Waals surface area contributed by atoms with Crippen molar-refractivity contribution < 1.29 is 22.7 Å².